The molecule has 0 saturated heterocycles. The summed E-state index contributed by atoms with van der Waals surface area (Å²) < 4.78 is 0. The molecule has 1 amide bonds. The second kappa shape index (κ2) is 5.82. The predicted octanol–water partition coefficient (Wildman–Crippen LogP) is 1.77. The summed E-state index contributed by atoms with van der Waals surface area (Å²) in [5.74, 6) is 0.0631. The Balaban J connectivity index is 3.27. The average molecular weight is 192 g/mol. The summed E-state index contributed by atoms with van der Waals surface area (Å²) >= 11 is 3.03. The molecule has 9 heavy (non-hydrogen) atoms. The van der Waals surface area contributed by atoms with Crippen molar-refractivity contribution in [2.45, 2.75) is 19.8 Å². The molecule has 0 unspecified atom stereocenters. The molecule has 0 saturated carbocycles. The molecule has 0 fully saturated rings. The lowest BCUT2D eigenvalue weighted by Gasteiger charge is -1.93. The third kappa shape index (κ3) is 5.56. The molecule has 0 bridgehead atoms. The number of hydrogen-bond donors (Lipinski definition) is 1. The van der Waals surface area contributed by atoms with Gasteiger partial charge in [0, 0.05) is 12.6 Å². The Morgan fingerprint density at radius 2 is 2.44 bits per heavy atom. The summed E-state index contributed by atoms with van der Waals surface area (Å²) in [6.07, 6.45) is 3.05. The van der Waals surface area contributed by atoms with E-state index in [1.807, 2.05) is 6.92 Å². The van der Waals surface area contributed by atoms with Gasteiger partial charge >= 0.3 is 0 Å². The molecule has 0 spiro atoms. The van der Waals surface area contributed by atoms with Crippen molar-refractivity contribution < 1.29 is 4.79 Å². The summed E-state index contributed by atoms with van der Waals surface area (Å²) in [6, 6.07) is 0. The Labute approximate surface area is 63.5 Å². The van der Waals surface area contributed by atoms with Gasteiger partial charge in [0.05, 0.1) is 0 Å². The van der Waals surface area contributed by atoms with Crippen molar-refractivity contribution in [1.82, 2.24) is 5.32 Å². The van der Waals surface area contributed by atoms with Gasteiger partial charge in [-0.1, -0.05) is 22.9 Å². The Kier molecular flexibility index (Phi) is 5.62. The number of rotatable bonds is 3. The molecule has 2 nitrogen and oxygen atoms in total. The second-order valence-electron chi connectivity index (χ2n) is 1.61. The first-order chi connectivity index (χ1) is 4.31. The van der Waals surface area contributed by atoms with Gasteiger partial charge in [-0.15, -0.1) is 0 Å². The number of carbonyl (C=O) groups is 1. The van der Waals surface area contributed by atoms with Gasteiger partial charge in [0.2, 0.25) is 5.91 Å². The van der Waals surface area contributed by atoms with Gasteiger partial charge in [-0.2, -0.15) is 0 Å². The summed E-state index contributed by atoms with van der Waals surface area (Å²) in [7, 11) is 0. The average Bonchev–Trinajstić information content (AvgIpc) is 1.85. The lowest BCUT2D eigenvalue weighted by molar-refractivity contribution is -0.120. The number of amides is 1. The van der Waals surface area contributed by atoms with Crippen LogP contribution in [-0.2, 0) is 4.79 Å². The number of hydrogen-bond acceptors (Lipinski definition) is 1. The zero-order valence-electron chi connectivity index (χ0n) is 5.36. The Morgan fingerprint density at radius 1 is 1.78 bits per heavy atom. The minimum Gasteiger partial charge on any atom is -0.332 e. The van der Waals surface area contributed by atoms with E-state index in [2.05, 4.69) is 21.2 Å². The van der Waals surface area contributed by atoms with Gasteiger partial charge in [0.25, 0.3) is 0 Å². The van der Waals surface area contributed by atoms with Crippen molar-refractivity contribution in [3.63, 3.8) is 0 Å². The molecule has 0 aliphatic carbocycles. The fourth-order valence-corrected chi connectivity index (χ4v) is 0.556. The number of nitrogens with one attached hydrogen (secondary N) is 1. The number of carbonyl (C=O) groups excluding carboxylic acids is 1. The van der Waals surface area contributed by atoms with Gasteiger partial charge in [0.1, 0.15) is 0 Å². The Morgan fingerprint density at radius 3 is 2.89 bits per heavy atom. The largest absolute Gasteiger partial charge is 0.332 e. The Hall–Kier alpha value is -0.310. The summed E-state index contributed by atoms with van der Waals surface area (Å²) in [4.78, 5) is 12.2. The summed E-state index contributed by atoms with van der Waals surface area (Å²) in [6.45, 7) is 1.97. The summed E-state index contributed by atoms with van der Waals surface area (Å²) in [5.41, 5.74) is 0. The maximum atomic E-state index is 10.6. The molecule has 0 heterocycles. The minimum atomic E-state index is 0.0631. The van der Waals surface area contributed by atoms with E-state index in [-0.39, 0.29) is 5.91 Å². The van der Waals surface area contributed by atoms with Crippen LogP contribution in [0.15, 0.2) is 11.2 Å². The van der Waals surface area contributed by atoms with Crippen LogP contribution >= 0.6 is 15.9 Å². The fourth-order valence-electron chi connectivity index (χ4n) is 0.424. The quantitative estimate of drug-likeness (QED) is 0.725. The van der Waals surface area contributed by atoms with Gasteiger partial charge in [-0.25, -0.2) is 0 Å². The zero-order chi connectivity index (χ0) is 7.11. The van der Waals surface area contributed by atoms with Crippen molar-refractivity contribution >= 4 is 21.8 Å². The van der Waals surface area contributed by atoms with E-state index < -0.39 is 0 Å². The van der Waals surface area contributed by atoms with Crippen LogP contribution in [0, 0.1) is 0 Å². The third-order valence-electron chi connectivity index (χ3n) is 0.784. The van der Waals surface area contributed by atoms with Crippen molar-refractivity contribution in [1.29, 1.82) is 0 Å². The standard InChI is InChI=1S/C6H10BrNO/c1-2-3-6(9)8-5-4-7/h4-5H,2-3H2,1H3,(H,8,9)/b5-4+. The summed E-state index contributed by atoms with van der Waals surface area (Å²) in [5, 5.41) is 2.57. The highest BCUT2D eigenvalue weighted by molar-refractivity contribution is 9.11. The smallest absolute Gasteiger partial charge is 0.223 e. The molecule has 0 aliphatic rings. The van der Waals surface area contributed by atoms with E-state index in [1.165, 1.54) is 0 Å². The van der Waals surface area contributed by atoms with Crippen molar-refractivity contribution in [2.24, 2.45) is 0 Å². The first kappa shape index (κ1) is 8.69. The van der Waals surface area contributed by atoms with Crippen LogP contribution in [0.25, 0.3) is 0 Å². The van der Waals surface area contributed by atoms with E-state index in [0.717, 1.165) is 6.42 Å². The van der Waals surface area contributed by atoms with Gasteiger partial charge in [-0.3, -0.25) is 4.79 Å². The zero-order valence-corrected chi connectivity index (χ0v) is 6.94. The molecule has 0 rings (SSSR count). The van der Waals surface area contributed by atoms with Crippen LogP contribution in [-0.4, -0.2) is 5.91 Å². The third-order valence-corrected chi connectivity index (χ3v) is 1.05. The van der Waals surface area contributed by atoms with E-state index in [4.69, 9.17) is 0 Å². The van der Waals surface area contributed by atoms with Crippen LogP contribution in [0.1, 0.15) is 19.8 Å². The highest BCUT2D eigenvalue weighted by Gasteiger charge is 1.92. The van der Waals surface area contributed by atoms with E-state index in [0.29, 0.717) is 6.42 Å². The molecule has 0 aromatic carbocycles. The minimum absolute atomic E-state index is 0.0631. The van der Waals surface area contributed by atoms with Crippen molar-refractivity contribution in [2.75, 3.05) is 0 Å². The van der Waals surface area contributed by atoms with Gasteiger partial charge in [0.15, 0.2) is 0 Å². The Bertz CT molecular complexity index is 112. The molecule has 52 valence electrons. The number of halogens is 1. The molecule has 3 heteroatoms. The lowest BCUT2D eigenvalue weighted by atomic mass is 10.3. The normalized spacial score (nSPS) is 10.0. The monoisotopic (exact) mass is 191 g/mol. The van der Waals surface area contributed by atoms with Crippen LogP contribution in [0.5, 0.6) is 0 Å². The van der Waals surface area contributed by atoms with Crippen LogP contribution in [0.3, 0.4) is 0 Å². The highest BCUT2D eigenvalue weighted by atomic mass is 79.9. The topological polar surface area (TPSA) is 29.1 Å². The molecule has 1 N–H and O–H groups in total. The SMILES string of the molecule is CCCC(=O)N/C=C/Br. The first-order valence-electron chi connectivity index (χ1n) is 2.86. The predicted molar refractivity (Wildman–Crippen MR) is 41.1 cm³/mol. The van der Waals surface area contributed by atoms with E-state index in [9.17, 15) is 4.79 Å². The second-order valence-corrected chi connectivity index (χ2v) is 2.14. The van der Waals surface area contributed by atoms with Crippen molar-refractivity contribution in [3.05, 3.63) is 11.2 Å². The highest BCUT2D eigenvalue weighted by Crippen LogP contribution is 1.86. The maximum Gasteiger partial charge on any atom is 0.223 e. The first-order valence-corrected chi connectivity index (χ1v) is 3.77. The van der Waals surface area contributed by atoms with E-state index >= 15 is 0 Å². The van der Waals surface area contributed by atoms with Crippen LogP contribution in [0.2, 0.25) is 0 Å². The molecular formula is C6H10BrNO. The molecular weight excluding hydrogens is 182 g/mol. The van der Waals surface area contributed by atoms with Crippen molar-refractivity contribution in [3.8, 4) is 0 Å². The molecule has 0 radical (unpaired) electrons. The van der Waals surface area contributed by atoms with Gasteiger partial charge < -0.3 is 5.32 Å². The van der Waals surface area contributed by atoms with Crippen LogP contribution < -0.4 is 5.32 Å². The molecule has 0 atom stereocenters. The maximum absolute atomic E-state index is 10.6. The van der Waals surface area contributed by atoms with Crippen LogP contribution in [0.4, 0.5) is 0 Å². The molecule has 0 aromatic rings. The van der Waals surface area contributed by atoms with Gasteiger partial charge in [-0.05, 0) is 11.4 Å². The molecule has 0 aromatic heterocycles. The lowest BCUT2D eigenvalue weighted by Crippen LogP contribution is -2.15. The van der Waals surface area contributed by atoms with E-state index in [1.54, 1.807) is 11.2 Å². The fraction of sp³-hybridized carbons (Fsp3) is 0.500. The molecule has 0 aliphatic heterocycles.